The normalized spacial score (nSPS) is 15.3. The van der Waals surface area contributed by atoms with Crippen molar-refractivity contribution in [3.63, 3.8) is 0 Å². The zero-order chi connectivity index (χ0) is 8.39. The quantitative estimate of drug-likeness (QED) is 0.623. The molecule has 0 atom stereocenters. The largest absolute Gasteiger partial charge is 0.343 e. The summed E-state index contributed by atoms with van der Waals surface area (Å²) in [6, 6.07) is 0. The molecule has 0 amide bonds. The molecule has 1 aliphatic rings. The first-order chi connectivity index (χ1) is 5.90. The highest BCUT2D eigenvalue weighted by Gasteiger charge is 2.13. The Labute approximate surface area is 72.8 Å². The lowest BCUT2D eigenvalue weighted by molar-refractivity contribution is 0.567. The number of aromatic amines is 1. The third-order valence-electron chi connectivity index (χ3n) is 1.39. The number of H-pyrrole nitrogens is 1. The molecular formula is C7H5N3OS. The van der Waals surface area contributed by atoms with E-state index in [-0.39, 0.29) is 0 Å². The summed E-state index contributed by atoms with van der Waals surface area (Å²) in [5.74, 6) is 2.51. The third-order valence-corrected chi connectivity index (χ3v) is 2.16. The predicted molar refractivity (Wildman–Crippen MR) is 46.5 cm³/mol. The van der Waals surface area contributed by atoms with Crippen LogP contribution in [0.5, 0.6) is 0 Å². The summed E-state index contributed by atoms with van der Waals surface area (Å²) >= 11 is 1.31. The second-order valence-corrected chi connectivity index (χ2v) is 3.02. The maximum Gasteiger partial charge on any atom is 0.163 e. The molecule has 0 aromatic carbocycles. The summed E-state index contributed by atoms with van der Waals surface area (Å²) in [4.78, 5) is 17.2. The van der Waals surface area contributed by atoms with Crippen LogP contribution in [0.2, 0.25) is 0 Å². The fraction of sp³-hybridized carbons (Fsp3) is 0. The minimum Gasteiger partial charge on any atom is -0.343 e. The van der Waals surface area contributed by atoms with E-state index in [1.807, 2.05) is 5.41 Å². The van der Waals surface area contributed by atoms with Crippen molar-refractivity contribution >= 4 is 23.4 Å². The van der Waals surface area contributed by atoms with Crippen LogP contribution in [0, 0.1) is 0 Å². The molecule has 1 aromatic heterocycles. The number of hydrogen-bond acceptors (Lipinski definition) is 4. The minimum atomic E-state index is 0.474. The molecular weight excluding hydrogens is 174 g/mol. The zero-order valence-corrected chi connectivity index (χ0v) is 6.81. The smallest absolute Gasteiger partial charge is 0.163 e. The lowest BCUT2D eigenvalue weighted by atomic mass is 10.5. The first-order valence-corrected chi connectivity index (χ1v) is 4.17. The molecule has 2 N–H and O–H groups in total. The van der Waals surface area contributed by atoms with Crippen molar-refractivity contribution in [2.24, 2.45) is 0 Å². The first-order valence-electron chi connectivity index (χ1n) is 3.29. The van der Waals surface area contributed by atoms with Crippen molar-refractivity contribution in [3.05, 3.63) is 28.7 Å². The first kappa shape index (κ1) is 7.21. The van der Waals surface area contributed by atoms with Gasteiger partial charge in [0.1, 0.15) is 0 Å². The van der Waals surface area contributed by atoms with Crippen LogP contribution < -0.4 is 5.32 Å². The van der Waals surface area contributed by atoms with Crippen LogP contribution in [-0.2, 0) is 4.79 Å². The molecule has 1 aromatic rings. The number of imidazole rings is 1. The fourth-order valence-electron chi connectivity index (χ4n) is 0.876. The van der Waals surface area contributed by atoms with Crippen LogP contribution in [0.1, 0.15) is 5.82 Å². The molecule has 0 saturated heterocycles. The van der Waals surface area contributed by atoms with E-state index in [4.69, 9.17) is 0 Å². The van der Waals surface area contributed by atoms with E-state index in [9.17, 15) is 4.79 Å². The second-order valence-electron chi connectivity index (χ2n) is 2.14. The summed E-state index contributed by atoms with van der Waals surface area (Å²) in [6.45, 7) is 0. The highest BCUT2D eigenvalue weighted by Crippen LogP contribution is 2.26. The Kier molecular flexibility index (Phi) is 1.74. The van der Waals surface area contributed by atoms with E-state index >= 15 is 0 Å². The molecule has 0 radical (unpaired) electrons. The van der Waals surface area contributed by atoms with Crippen LogP contribution >= 0.6 is 11.8 Å². The number of hydrogen-bond donors (Lipinski definition) is 2. The SMILES string of the molecule is O=C=C1NC(c2ncc[nH]2)=CS1. The summed E-state index contributed by atoms with van der Waals surface area (Å²) in [5, 5.41) is 5.16. The van der Waals surface area contributed by atoms with E-state index < -0.39 is 0 Å². The van der Waals surface area contributed by atoms with Crippen molar-refractivity contribution in [1.29, 1.82) is 0 Å². The number of nitrogens with one attached hydrogen (secondary N) is 2. The van der Waals surface area contributed by atoms with Gasteiger partial charge in [-0.2, -0.15) is 0 Å². The van der Waals surface area contributed by atoms with Gasteiger partial charge in [0.2, 0.25) is 0 Å². The van der Waals surface area contributed by atoms with Crippen LogP contribution in [0.3, 0.4) is 0 Å². The molecule has 12 heavy (non-hydrogen) atoms. The Morgan fingerprint density at radius 1 is 1.58 bits per heavy atom. The van der Waals surface area contributed by atoms with Crippen LogP contribution in [0.15, 0.2) is 22.8 Å². The van der Waals surface area contributed by atoms with Gasteiger partial charge in [-0.25, -0.2) is 9.78 Å². The number of nitrogens with zero attached hydrogens (tertiary/aromatic N) is 1. The van der Waals surface area contributed by atoms with Crippen molar-refractivity contribution < 1.29 is 4.79 Å². The monoisotopic (exact) mass is 179 g/mol. The van der Waals surface area contributed by atoms with Crippen molar-refractivity contribution in [2.75, 3.05) is 0 Å². The van der Waals surface area contributed by atoms with Gasteiger partial charge >= 0.3 is 0 Å². The summed E-state index contributed by atoms with van der Waals surface area (Å²) in [5.41, 5.74) is 0.809. The molecule has 0 bridgehead atoms. The highest BCUT2D eigenvalue weighted by molar-refractivity contribution is 8.06. The van der Waals surface area contributed by atoms with E-state index in [2.05, 4.69) is 15.3 Å². The lowest BCUT2D eigenvalue weighted by Crippen LogP contribution is -2.05. The predicted octanol–water partition coefficient (Wildman–Crippen LogP) is 0.718. The topological polar surface area (TPSA) is 57.8 Å². The highest BCUT2D eigenvalue weighted by atomic mass is 32.2. The van der Waals surface area contributed by atoms with Gasteiger partial charge in [0.25, 0.3) is 0 Å². The molecule has 2 rings (SSSR count). The van der Waals surface area contributed by atoms with Gasteiger partial charge in [-0.3, -0.25) is 0 Å². The molecule has 0 spiro atoms. The molecule has 60 valence electrons. The minimum absolute atomic E-state index is 0.474. The Hall–Kier alpha value is -1.45. The summed E-state index contributed by atoms with van der Waals surface area (Å²) in [7, 11) is 0. The maximum absolute atomic E-state index is 10.2. The van der Waals surface area contributed by atoms with E-state index in [0.717, 1.165) is 11.5 Å². The zero-order valence-electron chi connectivity index (χ0n) is 6.00. The van der Waals surface area contributed by atoms with Crippen LogP contribution in [0.4, 0.5) is 0 Å². The molecule has 2 heterocycles. The van der Waals surface area contributed by atoms with Crippen molar-refractivity contribution in [3.8, 4) is 0 Å². The van der Waals surface area contributed by atoms with Gasteiger partial charge in [0.15, 0.2) is 16.8 Å². The Morgan fingerprint density at radius 3 is 3.08 bits per heavy atom. The fourth-order valence-corrected chi connectivity index (χ4v) is 1.50. The molecule has 0 saturated carbocycles. The van der Waals surface area contributed by atoms with E-state index in [0.29, 0.717) is 5.03 Å². The summed E-state index contributed by atoms with van der Waals surface area (Å²) < 4.78 is 0. The van der Waals surface area contributed by atoms with E-state index in [1.54, 1.807) is 18.3 Å². The van der Waals surface area contributed by atoms with E-state index in [1.165, 1.54) is 11.8 Å². The average Bonchev–Trinajstić information content (AvgIpc) is 2.75. The van der Waals surface area contributed by atoms with Crippen molar-refractivity contribution in [2.45, 2.75) is 0 Å². The van der Waals surface area contributed by atoms with Gasteiger partial charge in [0, 0.05) is 17.8 Å². The van der Waals surface area contributed by atoms with Crippen LogP contribution in [-0.4, -0.2) is 15.9 Å². The Morgan fingerprint density at radius 2 is 2.50 bits per heavy atom. The van der Waals surface area contributed by atoms with Gasteiger partial charge in [-0.05, 0) is 0 Å². The molecule has 0 fully saturated rings. The number of aromatic nitrogens is 2. The maximum atomic E-state index is 10.2. The number of rotatable bonds is 1. The van der Waals surface area contributed by atoms with Gasteiger partial charge in [0.05, 0.1) is 5.70 Å². The molecule has 4 nitrogen and oxygen atoms in total. The standard InChI is InChI=1S/C7H5N3OS/c11-3-6-10-5(4-12-6)7-8-1-2-9-7/h1-2,4,10H,(H,8,9). The number of thioether (sulfide) groups is 1. The number of carbonyl (C=O) groups excluding carboxylic acids is 1. The average molecular weight is 179 g/mol. The summed E-state index contributed by atoms with van der Waals surface area (Å²) in [6.07, 6.45) is 3.39. The molecule has 0 aliphatic carbocycles. The van der Waals surface area contributed by atoms with Gasteiger partial charge in [-0.15, -0.1) is 0 Å². The Balaban J connectivity index is 2.25. The lowest BCUT2D eigenvalue weighted by Gasteiger charge is -1.96. The van der Waals surface area contributed by atoms with Gasteiger partial charge in [-0.1, -0.05) is 11.8 Å². The van der Waals surface area contributed by atoms with Crippen LogP contribution in [0.25, 0.3) is 5.70 Å². The third kappa shape index (κ3) is 1.15. The Bertz CT molecular complexity index is 362. The molecule has 5 heteroatoms. The second kappa shape index (κ2) is 2.89. The van der Waals surface area contributed by atoms with Crippen molar-refractivity contribution in [1.82, 2.24) is 15.3 Å². The molecule has 0 unspecified atom stereocenters. The molecule has 1 aliphatic heterocycles. The van der Waals surface area contributed by atoms with Gasteiger partial charge < -0.3 is 10.3 Å².